The highest BCUT2D eigenvalue weighted by atomic mass is 35.5. The third-order valence-corrected chi connectivity index (χ3v) is 10.2. The summed E-state index contributed by atoms with van der Waals surface area (Å²) in [7, 11) is 0. The molecule has 1 saturated heterocycles. The average molecular weight is 718 g/mol. The minimum atomic E-state index is 0. The first-order valence-electron chi connectivity index (χ1n) is 16.7. The number of hydrogen-bond donors (Lipinski definition) is 0. The van der Waals surface area contributed by atoms with Crippen molar-refractivity contribution in [1.29, 1.82) is 0 Å². The zero-order valence-corrected chi connectivity index (χ0v) is 32.4. The second-order valence-corrected chi connectivity index (χ2v) is 13.6. The molecule has 1 aliphatic rings. The SMILES string of the molecule is Cc1ccc(N(Cc2cncc(-c3cc(C)c(C)c(C)c3)c2)C2CCN(Cc3cncc(-c4cc(C)c(C)c(C)c4)c3)CC2)cc1.Cl.Cl.Cl. The van der Waals surface area contributed by atoms with Crippen molar-refractivity contribution < 1.29 is 0 Å². The number of aryl methyl sites for hydroxylation is 5. The molecule has 3 aromatic carbocycles. The van der Waals surface area contributed by atoms with Gasteiger partial charge in [0.1, 0.15) is 0 Å². The Hall–Kier alpha value is -3.41. The Morgan fingerprint density at radius 2 is 1.02 bits per heavy atom. The molecule has 0 saturated carbocycles. The van der Waals surface area contributed by atoms with Gasteiger partial charge in [0.2, 0.25) is 0 Å². The van der Waals surface area contributed by atoms with Crippen LogP contribution in [-0.2, 0) is 13.1 Å². The maximum Gasteiger partial charge on any atom is 0.0448 e. The van der Waals surface area contributed by atoms with Crippen molar-refractivity contribution in [1.82, 2.24) is 14.9 Å². The molecule has 0 atom stereocenters. The predicted octanol–water partition coefficient (Wildman–Crippen LogP) is 10.9. The number of piperidine rings is 1. The van der Waals surface area contributed by atoms with Gasteiger partial charge >= 0.3 is 0 Å². The first kappa shape index (κ1) is 40.0. The van der Waals surface area contributed by atoms with Gasteiger partial charge in [0.25, 0.3) is 0 Å². The molecular weight excluding hydrogens is 667 g/mol. The third kappa shape index (κ3) is 9.43. The molecule has 0 amide bonds. The van der Waals surface area contributed by atoms with Crippen LogP contribution >= 0.6 is 37.2 Å². The quantitative estimate of drug-likeness (QED) is 0.160. The van der Waals surface area contributed by atoms with Gasteiger partial charge in [-0.25, -0.2) is 0 Å². The molecule has 1 fully saturated rings. The van der Waals surface area contributed by atoms with Gasteiger partial charge in [0.15, 0.2) is 0 Å². The zero-order chi connectivity index (χ0) is 32.4. The van der Waals surface area contributed by atoms with Crippen LogP contribution < -0.4 is 4.90 Å². The second-order valence-electron chi connectivity index (χ2n) is 13.6. The summed E-state index contributed by atoms with van der Waals surface area (Å²) in [5.41, 5.74) is 18.1. The van der Waals surface area contributed by atoms with E-state index in [1.807, 2.05) is 24.8 Å². The van der Waals surface area contributed by atoms with E-state index in [-0.39, 0.29) is 37.2 Å². The normalized spacial score (nSPS) is 13.2. The molecule has 0 bridgehead atoms. The van der Waals surface area contributed by atoms with Crippen LogP contribution in [0.1, 0.15) is 62.9 Å². The van der Waals surface area contributed by atoms with Crippen molar-refractivity contribution in [2.45, 2.75) is 80.4 Å². The van der Waals surface area contributed by atoms with Gasteiger partial charge in [-0.15, -0.1) is 37.2 Å². The predicted molar refractivity (Wildman–Crippen MR) is 215 cm³/mol. The molecule has 0 N–H and O–H groups in total. The topological polar surface area (TPSA) is 32.3 Å². The fourth-order valence-corrected chi connectivity index (χ4v) is 6.88. The molecule has 260 valence electrons. The van der Waals surface area contributed by atoms with Gasteiger partial charge in [0.05, 0.1) is 0 Å². The van der Waals surface area contributed by atoms with E-state index in [4.69, 9.17) is 4.98 Å². The van der Waals surface area contributed by atoms with Crippen molar-refractivity contribution in [3.05, 3.63) is 136 Å². The van der Waals surface area contributed by atoms with Gasteiger partial charge in [0, 0.05) is 73.8 Å². The summed E-state index contributed by atoms with van der Waals surface area (Å²) in [6.45, 7) is 19.3. The Labute approximate surface area is 312 Å². The van der Waals surface area contributed by atoms with Crippen molar-refractivity contribution in [2.24, 2.45) is 0 Å². The Balaban J connectivity index is 0.00000217. The Kier molecular flexibility index (Phi) is 14.3. The Morgan fingerprint density at radius 1 is 0.571 bits per heavy atom. The molecule has 7 heteroatoms. The van der Waals surface area contributed by atoms with Crippen LogP contribution in [0.5, 0.6) is 0 Å². The molecule has 2 aromatic heterocycles. The minimum Gasteiger partial charge on any atom is -0.364 e. The largest absolute Gasteiger partial charge is 0.364 e. The van der Waals surface area contributed by atoms with Crippen molar-refractivity contribution in [3.8, 4) is 22.3 Å². The number of benzene rings is 3. The van der Waals surface area contributed by atoms with E-state index in [9.17, 15) is 0 Å². The van der Waals surface area contributed by atoms with E-state index in [1.54, 1.807) is 0 Å². The highest BCUT2D eigenvalue weighted by molar-refractivity contribution is 5.86. The number of pyridine rings is 2. The number of halogens is 3. The highest BCUT2D eigenvalue weighted by Gasteiger charge is 2.26. The van der Waals surface area contributed by atoms with Gasteiger partial charge in [-0.2, -0.15) is 0 Å². The third-order valence-electron chi connectivity index (χ3n) is 10.2. The molecule has 0 aliphatic carbocycles. The lowest BCUT2D eigenvalue weighted by molar-refractivity contribution is 0.200. The van der Waals surface area contributed by atoms with Crippen LogP contribution in [0.15, 0.2) is 85.5 Å². The maximum absolute atomic E-state index is 4.71. The Bertz CT molecular complexity index is 1800. The lowest BCUT2D eigenvalue weighted by Crippen LogP contribution is -2.44. The molecule has 3 heterocycles. The molecule has 4 nitrogen and oxygen atoms in total. The smallest absolute Gasteiger partial charge is 0.0448 e. The van der Waals surface area contributed by atoms with Crippen LogP contribution in [0.3, 0.4) is 0 Å². The monoisotopic (exact) mass is 716 g/mol. The fraction of sp³-hybridized carbons (Fsp3) is 0.333. The summed E-state index contributed by atoms with van der Waals surface area (Å²) in [5.74, 6) is 0. The number of rotatable bonds is 8. The van der Waals surface area contributed by atoms with Crippen molar-refractivity contribution >= 4 is 42.9 Å². The van der Waals surface area contributed by atoms with Crippen molar-refractivity contribution in [3.63, 3.8) is 0 Å². The summed E-state index contributed by atoms with van der Waals surface area (Å²) in [4.78, 5) is 14.6. The molecule has 49 heavy (non-hydrogen) atoms. The lowest BCUT2D eigenvalue weighted by Gasteiger charge is -2.40. The van der Waals surface area contributed by atoms with Gasteiger partial charge in [-0.05, 0) is 141 Å². The van der Waals surface area contributed by atoms with E-state index < -0.39 is 0 Å². The summed E-state index contributed by atoms with van der Waals surface area (Å²) >= 11 is 0. The number of hydrogen-bond acceptors (Lipinski definition) is 4. The molecule has 0 spiro atoms. The molecule has 1 aliphatic heterocycles. The van der Waals surface area contributed by atoms with E-state index >= 15 is 0 Å². The first-order chi connectivity index (χ1) is 22.1. The number of anilines is 1. The summed E-state index contributed by atoms with van der Waals surface area (Å²) in [6, 6.07) is 23.4. The lowest BCUT2D eigenvalue weighted by atomic mass is 9.96. The van der Waals surface area contributed by atoms with Crippen LogP contribution in [0.25, 0.3) is 22.3 Å². The van der Waals surface area contributed by atoms with E-state index in [0.717, 1.165) is 39.0 Å². The van der Waals surface area contributed by atoms with E-state index in [1.165, 1.54) is 78.0 Å². The molecule has 0 unspecified atom stereocenters. The standard InChI is InChI=1S/C42H48N4.3ClH/c1-28-8-10-41(11-9-28)46(27-36-21-40(25-44-23-36)38-18-31(4)34(7)32(5)19-38)42-12-14-45(15-13-42)26-35-20-39(24-43-22-35)37-16-29(2)33(6)30(3)17-37;;;/h8-11,16-25,42H,12-15,26-27H2,1-7H3;3*1H. The fourth-order valence-electron chi connectivity index (χ4n) is 6.88. The second kappa shape index (κ2) is 17.5. The van der Waals surface area contributed by atoms with Gasteiger partial charge in [-0.3, -0.25) is 14.9 Å². The average Bonchev–Trinajstić information content (AvgIpc) is 3.06. The molecule has 0 radical (unpaired) electrons. The zero-order valence-electron chi connectivity index (χ0n) is 29.9. The van der Waals surface area contributed by atoms with Crippen LogP contribution in [0.2, 0.25) is 0 Å². The van der Waals surface area contributed by atoms with E-state index in [0.29, 0.717) is 6.04 Å². The van der Waals surface area contributed by atoms with Crippen molar-refractivity contribution in [2.75, 3.05) is 18.0 Å². The molecule has 6 rings (SSSR count). The molecular formula is C42H51Cl3N4. The highest BCUT2D eigenvalue weighted by Crippen LogP contribution is 2.30. The first-order valence-corrected chi connectivity index (χ1v) is 16.7. The number of nitrogens with zero attached hydrogens (tertiary/aromatic N) is 4. The van der Waals surface area contributed by atoms with Crippen LogP contribution in [0.4, 0.5) is 5.69 Å². The number of aromatic nitrogens is 2. The molecule has 5 aromatic rings. The summed E-state index contributed by atoms with van der Waals surface area (Å²) in [6.07, 6.45) is 10.3. The van der Waals surface area contributed by atoms with Gasteiger partial charge < -0.3 is 4.90 Å². The van der Waals surface area contributed by atoms with Crippen LogP contribution in [-0.4, -0.2) is 34.0 Å². The maximum atomic E-state index is 4.71. The Morgan fingerprint density at radius 3 is 1.51 bits per heavy atom. The van der Waals surface area contributed by atoms with Crippen LogP contribution in [0, 0.1) is 48.5 Å². The summed E-state index contributed by atoms with van der Waals surface area (Å²) in [5, 5.41) is 0. The van der Waals surface area contributed by atoms with Gasteiger partial charge in [-0.1, -0.05) is 42.0 Å². The number of likely N-dealkylation sites (tertiary alicyclic amines) is 1. The minimum absolute atomic E-state index is 0. The van der Waals surface area contributed by atoms with E-state index in [2.05, 4.69) is 124 Å². The summed E-state index contributed by atoms with van der Waals surface area (Å²) < 4.78 is 0.